The summed E-state index contributed by atoms with van der Waals surface area (Å²) < 4.78 is 0. The summed E-state index contributed by atoms with van der Waals surface area (Å²) in [6.45, 7) is 7.58. The third-order valence-corrected chi connectivity index (χ3v) is 5.12. The second kappa shape index (κ2) is 4.27. The minimum Gasteiger partial charge on any atom is -0.480 e. The van der Waals surface area contributed by atoms with Crippen LogP contribution in [-0.2, 0) is 4.79 Å². The third kappa shape index (κ3) is 1.99. The second-order valence-corrected chi connectivity index (χ2v) is 6.21. The van der Waals surface area contributed by atoms with Crippen LogP contribution in [0.25, 0.3) is 0 Å². The summed E-state index contributed by atoms with van der Waals surface area (Å²) >= 11 is 0. The van der Waals surface area contributed by atoms with Crippen LogP contribution < -0.4 is 0 Å². The van der Waals surface area contributed by atoms with E-state index in [9.17, 15) is 9.90 Å². The molecular formula is C14H25NO2. The number of carboxylic acids is 1. The molecule has 2 aliphatic rings. The largest absolute Gasteiger partial charge is 0.480 e. The van der Waals surface area contributed by atoms with Gasteiger partial charge in [0.1, 0.15) is 5.54 Å². The Hall–Kier alpha value is -0.570. The van der Waals surface area contributed by atoms with Gasteiger partial charge in [0.2, 0.25) is 0 Å². The molecule has 0 aromatic carbocycles. The van der Waals surface area contributed by atoms with E-state index in [1.807, 2.05) is 0 Å². The minimum atomic E-state index is -0.604. The molecule has 0 radical (unpaired) electrons. The number of hydrogen-bond donors (Lipinski definition) is 1. The van der Waals surface area contributed by atoms with E-state index in [0.717, 1.165) is 32.2 Å². The molecule has 1 saturated carbocycles. The zero-order valence-corrected chi connectivity index (χ0v) is 11.3. The summed E-state index contributed by atoms with van der Waals surface area (Å²) in [5, 5.41) is 9.66. The van der Waals surface area contributed by atoms with Gasteiger partial charge in [-0.25, -0.2) is 0 Å². The van der Waals surface area contributed by atoms with Crippen LogP contribution in [-0.4, -0.2) is 34.1 Å². The summed E-state index contributed by atoms with van der Waals surface area (Å²) in [4.78, 5) is 14.0. The van der Waals surface area contributed by atoms with Gasteiger partial charge in [-0.2, -0.15) is 0 Å². The predicted octanol–water partition coefficient (Wildman–Crippen LogP) is 2.89. The molecule has 1 saturated heterocycles. The number of likely N-dealkylation sites (tertiary alicyclic amines) is 1. The molecule has 2 atom stereocenters. The van der Waals surface area contributed by atoms with Crippen LogP contribution in [0.3, 0.4) is 0 Å². The number of carboxylic acid groups (broad SMARTS) is 1. The SMILES string of the molecule is CCCC1(C(=O)O)CCCN1C(C)C1(C)CC1. The first-order valence-corrected chi connectivity index (χ1v) is 6.96. The van der Waals surface area contributed by atoms with Crippen LogP contribution in [0.15, 0.2) is 0 Å². The Morgan fingerprint density at radius 1 is 1.41 bits per heavy atom. The van der Waals surface area contributed by atoms with Crippen LogP contribution in [0, 0.1) is 5.41 Å². The van der Waals surface area contributed by atoms with Gasteiger partial charge >= 0.3 is 5.97 Å². The molecule has 0 aromatic rings. The van der Waals surface area contributed by atoms with Crippen molar-refractivity contribution < 1.29 is 9.90 Å². The highest BCUT2D eigenvalue weighted by Gasteiger charge is 2.54. The minimum absolute atomic E-state index is 0.374. The van der Waals surface area contributed by atoms with Crippen molar-refractivity contribution in [1.29, 1.82) is 0 Å². The molecule has 98 valence electrons. The van der Waals surface area contributed by atoms with Gasteiger partial charge in [-0.05, 0) is 51.0 Å². The Balaban J connectivity index is 2.22. The Morgan fingerprint density at radius 3 is 2.53 bits per heavy atom. The fourth-order valence-electron chi connectivity index (χ4n) is 3.47. The van der Waals surface area contributed by atoms with Crippen molar-refractivity contribution in [3.63, 3.8) is 0 Å². The van der Waals surface area contributed by atoms with Crippen LogP contribution in [0.1, 0.15) is 59.3 Å². The molecule has 0 bridgehead atoms. The van der Waals surface area contributed by atoms with Gasteiger partial charge in [0, 0.05) is 6.04 Å². The maximum Gasteiger partial charge on any atom is 0.324 e. The molecule has 1 aliphatic heterocycles. The molecule has 1 heterocycles. The number of nitrogens with zero attached hydrogens (tertiary/aromatic N) is 1. The molecule has 1 aliphatic carbocycles. The molecular weight excluding hydrogens is 214 g/mol. The van der Waals surface area contributed by atoms with E-state index < -0.39 is 11.5 Å². The van der Waals surface area contributed by atoms with Crippen molar-refractivity contribution in [3.8, 4) is 0 Å². The molecule has 2 unspecified atom stereocenters. The van der Waals surface area contributed by atoms with Gasteiger partial charge in [-0.3, -0.25) is 9.69 Å². The lowest BCUT2D eigenvalue weighted by molar-refractivity contribution is -0.152. The molecule has 3 nitrogen and oxygen atoms in total. The summed E-state index contributed by atoms with van der Waals surface area (Å²) in [5.74, 6) is -0.604. The monoisotopic (exact) mass is 239 g/mol. The van der Waals surface area contributed by atoms with Crippen molar-refractivity contribution in [2.45, 2.75) is 70.9 Å². The van der Waals surface area contributed by atoms with Crippen molar-refractivity contribution in [1.82, 2.24) is 4.90 Å². The maximum absolute atomic E-state index is 11.7. The second-order valence-electron chi connectivity index (χ2n) is 6.21. The highest BCUT2D eigenvalue weighted by molar-refractivity contribution is 5.79. The van der Waals surface area contributed by atoms with Gasteiger partial charge in [-0.1, -0.05) is 20.3 Å². The smallest absolute Gasteiger partial charge is 0.324 e. The highest BCUT2D eigenvalue weighted by Crippen LogP contribution is 2.52. The summed E-state index contributed by atoms with van der Waals surface area (Å²) in [7, 11) is 0. The Morgan fingerprint density at radius 2 is 2.06 bits per heavy atom. The summed E-state index contributed by atoms with van der Waals surface area (Å²) in [5.41, 5.74) is -0.196. The summed E-state index contributed by atoms with van der Waals surface area (Å²) in [6, 6.07) is 0.410. The first kappa shape index (κ1) is 12.9. The van der Waals surface area contributed by atoms with Crippen molar-refractivity contribution >= 4 is 5.97 Å². The number of aliphatic carboxylic acids is 1. The fraction of sp³-hybridized carbons (Fsp3) is 0.929. The Bertz CT molecular complexity index is 311. The van der Waals surface area contributed by atoms with Gasteiger partial charge in [0.05, 0.1) is 0 Å². The predicted molar refractivity (Wildman–Crippen MR) is 68.0 cm³/mol. The van der Waals surface area contributed by atoms with Crippen LogP contribution >= 0.6 is 0 Å². The lowest BCUT2D eigenvalue weighted by Gasteiger charge is -2.41. The third-order valence-electron chi connectivity index (χ3n) is 5.12. The normalized spacial score (nSPS) is 33.6. The van der Waals surface area contributed by atoms with Gasteiger partial charge < -0.3 is 5.11 Å². The summed E-state index contributed by atoms with van der Waals surface area (Å²) in [6.07, 6.45) is 6.12. The fourth-order valence-corrected chi connectivity index (χ4v) is 3.47. The van der Waals surface area contributed by atoms with Crippen molar-refractivity contribution in [3.05, 3.63) is 0 Å². The van der Waals surface area contributed by atoms with Gasteiger partial charge in [0.25, 0.3) is 0 Å². The number of carbonyl (C=O) groups is 1. The van der Waals surface area contributed by atoms with Gasteiger partial charge in [-0.15, -0.1) is 0 Å². The van der Waals surface area contributed by atoms with E-state index in [1.165, 1.54) is 12.8 Å². The molecule has 1 N–H and O–H groups in total. The van der Waals surface area contributed by atoms with Crippen LogP contribution in [0.2, 0.25) is 0 Å². The average Bonchev–Trinajstić information content (AvgIpc) is 2.89. The molecule has 3 heteroatoms. The maximum atomic E-state index is 11.7. The molecule has 0 aromatic heterocycles. The zero-order chi connectivity index (χ0) is 12.7. The average molecular weight is 239 g/mol. The van der Waals surface area contributed by atoms with E-state index in [1.54, 1.807) is 0 Å². The lowest BCUT2D eigenvalue weighted by Crippen LogP contribution is -2.55. The van der Waals surface area contributed by atoms with E-state index in [-0.39, 0.29) is 0 Å². The van der Waals surface area contributed by atoms with Crippen LogP contribution in [0.5, 0.6) is 0 Å². The zero-order valence-electron chi connectivity index (χ0n) is 11.3. The Kier molecular flexibility index (Phi) is 3.23. The molecule has 2 fully saturated rings. The number of rotatable bonds is 5. The van der Waals surface area contributed by atoms with E-state index >= 15 is 0 Å². The van der Waals surface area contributed by atoms with E-state index in [4.69, 9.17) is 0 Å². The first-order valence-electron chi connectivity index (χ1n) is 6.96. The first-order chi connectivity index (χ1) is 7.96. The van der Waals surface area contributed by atoms with Crippen LogP contribution in [0.4, 0.5) is 0 Å². The van der Waals surface area contributed by atoms with E-state index in [0.29, 0.717) is 11.5 Å². The van der Waals surface area contributed by atoms with Crippen molar-refractivity contribution in [2.24, 2.45) is 5.41 Å². The van der Waals surface area contributed by atoms with Gasteiger partial charge in [0.15, 0.2) is 0 Å². The number of hydrogen-bond acceptors (Lipinski definition) is 2. The molecule has 0 spiro atoms. The highest BCUT2D eigenvalue weighted by atomic mass is 16.4. The molecule has 17 heavy (non-hydrogen) atoms. The lowest BCUT2D eigenvalue weighted by atomic mass is 9.87. The standard InChI is InChI=1S/C14H25NO2/c1-4-6-14(12(16)17)7-5-10-15(14)11(2)13(3)8-9-13/h11H,4-10H2,1-3H3,(H,16,17). The molecule has 0 amide bonds. The molecule has 2 rings (SSSR count). The van der Waals surface area contributed by atoms with E-state index in [2.05, 4.69) is 25.7 Å². The van der Waals surface area contributed by atoms with Crippen molar-refractivity contribution in [2.75, 3.05) is 6.54 Å². The quantitative estimate of drug-likeness (QED) is 0.802. The Labute approximate surface area is 104 Å². The topological polar surface area (TPSA) is 40.5 Å².